The zero-order valence-electron chi connectivity index (χ0n) is 13.4. The van der Waals surface area contributed by atoms with Crippen molar-refractivity contribution in [3.05, 3.63) is 24.3 Å². The topological polar surface area (TPSA) is 81.2 Å². The third-order valence-corrected chi connectivity index (χ3v) is 2.83. The van der Waals surface area contributed by atoms with Crippen LogP contribution < -0.4 is 28.3 Å². The predicted octanol–water partition coefficient (Wildman–Crippen LogP) is 1.24. The van der Waals surface area contributed by atoms with Gasteiger partial charge in [0, 0.05) is 12.1 Å². The maximum absolute atomic E-state index is 5.51. The molecule has 0 aliphatic carbocycles. The maximum Gasteiger partial charge on any atom is 0.576 e. The summed E-state index contributed by atoms with van der Waals surface area (Å²) in [5.74, 6) is 2.30. The minimum absolute atomic E-state index is 0.0747. The van der Waals surface area contributed by atoms with E-state index in [2.05, 4.69) is 9.97 Å². The number of rotatable bonds is 8. The van der Waals surface area contributed by atoms with Crippen molar-refractivity contribution in [2.75, 3.05) is 28.4 Å². The van der Waals surface area contributed by atoms with Gasteiger partial charge in [-0.3, -0.25) is 0 Å². The van der Waals surface area contributed by atoms with Crippen molar-refractivity contribution in [1.82, 2.24) is 9.97 Å². The van der Waals surface area contributed by atoms with E-state index in [0.29, 0.717) is 35.0 Å². The minimum Gasteiger partial charge on any atom is -0.525 e. The molecule has 0 unspecified atom stereocenters. The Balaban J connectivity index is 2.02. The molecule has 0 radical (unpaired) electrons. The first-order valence-electron chi connectivity index (χ1n) is 6.65. The Hall–Kier alpha value is -2.84. The van der Waals surface area contributed by atoms with Gasteiger partial charge in [0.25, 0.3) is 11.8 Å². The molecule has 2 aromatic heterocycles. The van der Waals surface area contributed by atoms with E-state index in [4.69, 9.17) is 28.3 Å². The first-order valence-corrected chi connectivity index (χ1v) is 6.65. The standard InChI is InChI=1S/C14H17BN2O6/c1-18-11-7-5-9(13(16-11)20-3)22-15-23-10-6-8-12(19-2)17-14(10)21-4/h5-8,15H,1-4H3. The zero-order chi connectivity index (χ0) is 16.7. The summed E-state index contributed by atoms with van der Waals surface area (Å²) in [6, 6.07) is 6.68. The monoisotopic (exact) mass is 320 g/mol. The van der Waals surface area contributed by atoms with Gasteiger partial charge in [0.1, 0.15) is 0 Å². The molecular formula is C14H17BN2O6. The summed E-state index contributed by atoms with van der Waals surface area (Å²) in [6.07, 6.45) is 0. The van der Waals surface area contributed by atoms with Crippen molar-refractivity contribution in [1.29, 1.82) is 0 Å². The summed E-state index contributed by atoms with van der Waals surface area (Å²) in [4.78, 5) is 8.23. The van der Waals surface area contributed by atoms with E-state index in [0.717, 1.165) is 0 Å². The van der Waals surface area contributed by atoms with E-state index in [-0.39, 0.29) is 7.69 Å². The van der Waals surface area contributed by atoms with Crippen LogP contribution in [0.15, 0.2) is 24.3 Å². The molecule has 8 nitrogen and oxygen atoms in total. The lowest BCUT2D eigenvalue weighted by Crippen LogP contribution is -2.13. The lowest BCUT2D eigenvalue weighted by molar-refractivity contribution is 0.338. The van der Waals surface area contributed by atoms with E-state index in [1.54, 1.807) is 24.3 Å². The van der Waals surface area contributed by atoms with Gasteiger partial charge in [-0.05, 0) is 12.1 Å². The first-order chi connectivity index (χ1) is 11.2. The van der Waals surface area contributed by atoms with Crippen molar-refractivity contribution >= 4 is 7.69 Å². The highest BCUT2D eigenvalue weighted by Gasteiger charge is 2.12. The van der Waals surface area contributed by atoms with E-state index < -0.39 is 0 Å². The molecule has 0 bridgehead atoms. The highest BCUT2D eigenvalue weighted by atomic mass is 16.6. The Labute approximate surface area is 134 Å². The van der Waals surface area contributed by atoms with Gasteiger partial charge in [-0.25, -0.2) is 0 Å². The molecule has 122 valence electrons. The van der Waals surface area contributed by atoms with E-state index in [1.165, 1.54) is 28.4 Å². The fraction of sp³-hybridized carbons (Fsp3) is 0.286. The molecule has 0 aliphatic heterocycles. The molecule has 2 rings (SSSR count). The molecule has 23 heavy (non-hydrogen) atoms. The molecule has 0 atom stereocenters. The molecular weight excluding hydrogens is 303 g/mol. The van der Waals surface area contributed by atoms with Crippen LogP contribution in [-0.4, -0.2) is 46.1 Å². The Morgan fingerprint density at radius 2 is 1.09 bits per heavy atom. The first kappa shape index (κ1) is 16.5. The van der Waals surface area contributed by atoms with Crippen LogP contribution in [0.3, 0.4) is 0 Å². The van der Waals surface area contributed by atoms with Crippen molar-refractivity contribution in [2.24, 2.45) is 0 Å². The molecule has 9 heteroatoms. The van der Waals surface area contributed by atoms with Gasteiger partial charge in [-0.1, -0.05) is 0 Å². The second kappa shape index (κ2) is 7.97. The molecule has 0 N–H and O–H groups in total. The summed E-state index contributed by atoms with van der Waals surface area (Å²) in [5.41, 5.74) is 0. The second-order valence-corrected chi connectivity index (χ2v) is 4.13. The Morgan fingerprint density at radius 3 is 1.43 bits per heavy atom. The molecule has 0 aliphatic rings. The Bertz CT molecular complexity index is 600. The maximum atomic E-state index is 5.51. The van der Waals surface area contributed by atoms with Crippen LogP contribution in [0.1, 0.15) is 0 Å². The van der Waals surface area contributed by atoms with E-state index >= 15 is 0 Å². The molecule has 2 aromatic rings. The SMILES string of the molecule is COc1ccc(OBOc2ccc(OC)nc2OC)c(OC)n1. The summed E-state index contributed by atoms with van der Waals surface area (Å²) in [5, 5.41) is 0. The lowest BCUT2D eigenvalue weighted by Gasteiger charge is -2.12. The van der Waals surface area contributed by atoms with Crippen LogP contribution >= 0.6 is 0 Å². The van der Waals surface area contributed by atoms with Gasteiger partial charge in [0.05, 0.1) is 28.4 Å². The molecule has 0 fully saturated rings. The number of ether oxygens (including phenoxy) is 4. The fourth-order valence-corrected chi connectivity index (χ4v) is 1.72. The number of hydrogen-bond donors (Lipinski definition) is 0. The van der Waals surface area contributed by atoms with Crippen LogP contribution in [0.4, 0.5) is 0 Å². The largest absolute Gasteiger partial charge is 0.576 e. The van der Waals surface area contributed by atoms with Crippen LogP contribution in [0.25, 0.3) is 0 Å². The van der Waals surface area contributed by atoms with Gasteiger partial charge in [-0.15, -0.1) is 0 Å². The molecule has 0 aromatic carbocycles. The Morgan fingerprint density at radius 1 is 0.652 bits per heavy atom. The Kier molecular flexibility index (Phi) is 5.73. The summed E-state index contributed by atoms with van der Waals surface area (Å²) < 4.78 is 31.3. The second-order valence-electron chi connectivity index (χ2n) is 4.13. The van der Waals surface area contributed by atoms with Crippen molar-refractivity contribution in [2.45, 2.75) is 0 Å². The highest BCUT2D eigenvalue weighted by Crippen LogP contribution is 2.29. The number of pyridine rings is 2. The van der Waals surface area contributed by atoms with Crippen molar-refractivity contribution < 1.29 is 28.3 Å². The van der Waals surface area contributed by atoms with Gasteiger partial charge < -0.3 is 28.3 Å². The normalized spacial score (nSPS) is 9.74. The number of nitrogens with zero attached hydrogens (tertiary/aromatic N) is 2. The average Bonchev–Trinajstić information content (AvgIpc) is 2.61. The predicted molar refractivity (Wildman–Crippen MR) is 83.1 cm³/mol. The van der Waals surface area contributed by atoms with Gasteiger partial charge in [0.15, 0.2) is 11.5 Å². The van der Waals surface area contributed by atoms with Crippen molar-refractivity contribution in [3.63, 3.8) is 0 Å². The van der Waals surface area contributed by atoms with Crippen LogP contribution in [-0.2, 0) is 0 Å². The smallest absolute Gasteiger partial charge is 0.525 e. The molecule has 0 spiro atoms. The summed E-state index contributed by atoms with van der Waals surface area (Å²) in [6.45, 7) is 0. The van der Waals surface area contributed by atoms with Gasteiger partial charge in [0.2, 0.25) is 11.8 Å². The third-order valence-electron chi connectivity index (χ3n) is 2.83. The quantitative estimate of drug-likeness (QED) is 0.672. The summed E-state index contributed by atoms with van der Waals surface area (Å²) >= 11 is 0. The molecule has 0 saturated heterocycles. The number of aromatic nitrogens is 2. The van der Waals surface area contributed by atoms with Crippen LogP contribution in [0.2, 0.25) is 0 Å². The number of methoxy groups -OCH3 is 4. The zero-order valence-corrected chi connectivity index (χ0v) is 13.4. The van der Waals surface area contributed by atoms with E-state index in [1.807, 2.05) is 0 Å². The van der Waals surface area contributed by atoms with Gasteiger partial charge in [-0.2, -0.15) is 9.97 Å². The highest BCUT2D eigenvalue weighted by molar-refractivity contribution is 6.21. The fourth-order valence-electron chi connectivity index (χ4n) is 1.72. The molecule has 0 amide bonds. The van der Waals surface area contributed by atoms with Crippen molar-refractivity contribution in [3.8, 4) is 35.0 Å². The average molecular weight is 320 g/mol. The van der Waals surface area contributed by atoms with Crippen LogP contribution in [0.5, 0.6) is 35.0 Å². The van der Waals surface area contributed by atoms with Crippen LogP contribution in [0, 0.1) is 0 Å². The minimum atomic E-state index is -0.0747. The number of hydrogen-bond acceptors (Lipinski definition) is 8. The van der Waals surface area contributed by atoms with Gasteiger partial charge >= 0.3 is 7.69 Å². The lowest BCUT2D eigenvalue weighted by atomic mass is 10.3. The molecule has 0 saturated carbocycles. The third kappa shape index (κ3) is 4.09. The molecule has 2 heterocycles. The van der Waals surface area contributed by atoms with E-state index in [9.17, 15) is 0 Å². The summed E-state index contributed by atoms with van der Waals surface area (Å²) in [7, 11) is 5.95.